The van der Waals surface area contributed by atoms with E-state index < -0.39 is 14.3 Å². The van der Waals surface area contributed by atoms with E-state index in [0.717, 1.165) is 35.5 Å². The number of ketones is 1. The molecule has 1 saturated heterocycles. The Morgan fingerprint density at radius 3 is 2.10 bits per heavy atom. The lowest BCUT2D eigenvalue weighted by Gasteiger charge is -2.39. The van der Waals surface area contributed by atoms with Crippen LogP contribution in [0.2, 0.25) is 6.04 Å². The summed E-state index contributed by atoms with van der Waals surface area (Å²) in [5, 5.41) is 0. The molecule has 216 valence electrons. The van der Waals surface area contributed by atoms with Gasteiger partial charge in [-0.2, -0.15) is 0 Å². The molecule has 39 heavy (non-hydrogen) atoms. The maximum atomic E-state index is 14.6. The molecule has 0 saturated carbocycles. The van der Waals surface area contributed by atoms with E-state index in [1.54, 1.807) is 0 Å². The number of likely N-dealkylation sites (N-methyl/N-ethyl adjacent to an activating group) is 1. The first-order valence-corrected chi connectivity index (χ1v) is 16.4. The monoisotopic (exact) mass is 556 g/mol. The topological polar surface area (TPSA) is 60.5 Å². The van der Waals surface area contributed by atoms with Gasteiger partial charge in [-0.3, -0.25) is 9.69 Å². The maximum absolute atomic E-state index is 14.6. The SMILES string of the molecule is CCO[Si](CCc1cc(N2CCOCC2)ccc1C(=O)C(CC)(Cc1ccccc1)N(C)C)(OCC)OCC. The normalized spacial score (nSPS) is 15.9. The Balaban J connectivity index is 2.04. The van der Waals surface area contributed by atoms with Gasteiger partial charge in [-0.25, -0.2) is 0 Å². The highest BCUT2D eigenvalue weighted by molar-refractivity contribution is 6.60. The molecule has 0 N–H and O–H groups in total. The van der Waals surface area contributed by atoms with Crippen LogP contribution in [-0.2, 0) is 30.9 Å². The third kappa shape index (κ3) is 7.78. The van der Waals surface area contributed by atoms with Crippen molar-refractivity contribution in [2.24, 2.45) is 0 Å². The van der Waals surface area contributed by atoms with Gasteiger partial charge >= 0.3 is 8.80 Å². The molecule has 1 fully saturated rings. The number of benzene rings is 2. The van der Waals surface area contributed by atoms with E-state index in [-0.39, 0.29) is 5.78 Å². The molecular weight excluding hydrogens is 508 g/mol. The first kappa shape index (κ1) is 31.5. The molecule has 1 atom stereocenters. The fourth-order valence-electron chi connectivity index (χ4n) is 5.54. The third-order valence-electron chi connectivity index (χ3n) is 7.71. The van der Waals surface area contributed by atoms with Crippen LogP contribution >= 0.6 is 0 Å². The van der Waals surface area contributed by atoms with E-state index in [2.05, 4.69) is 41.0 Å². The maximum Gasteiger partial charge on any atom is 0.501 e. The number of rotatable bonds is 16. The summed E-state index contributed by atoms with van der Waals surface area (Å²) < 4.78 is 24.1. The van der Waals surface area contributed by atoms with Gasteiger partial charge in [-0.1, -0.05) is 37.3 Å². The highest BCUT2D eigenvalue weighted by Crippen LogP contribution is 2.32. The average molecular weight is 557 g/mol. The molecule has 3 rings (SSSR count). The average Bonchev–Trinajstić information content (AvgIpc) is 2.95. The van der Waals surface area contributed by atoms with Crippen LogP contribution < -0.4 is 4.90 Å². The second-order valence-electron chi connectivity index (χ2n) is 10.2. The van der Waals surface area contributed by atoms with Crippen molar-refractivity contribution < 1.29 is 22.8 Å². The van der Waals surface area contributed by atoms with Crippen molar-refractivity contribution >= 4 is 20.3 Å². The zero-order chi connectivity index (χ0) is 28.3. The molecule has 2 aromatic rings. The summed E-state index contributed by atoms with van der Waals surface area (Å²) >= 11 is 0. The molecule has 0 radical (unpaired) electrons. The highest BCUT2D eigenvalue weighted by Gasteiger charge is 2.43. The van der Waals surface area contributed by atoms with Crippen LogP contribution in [0.1, 0.15) is 55.6 Å². The number of hydrogen-bond donors (Lipinski definition) is 0. The van der Waals surface area contributed by atoms with Crippen LogP contribution in [0.4, 0.5) is 5.69 Å². The Kier molecular flexibility index (Phi) is 12.2. The molecule has 2 aromatic carbocycles. The standard InChI is InChI=1S/C31H48N2O5Si/c1-7-31(32(5)6,25-26-14-12-11-13-15-26)30(34)29-17-16-28(33-19-21-35-22-20-33)24-27(29)18-23-39(36-8-2,37-9-3)38-10-4/h11-17,24H,7-10,18-23,25H2,1-6H3. The van der Waals surface area contributed by atoms with Gasteiger partial charge in [-0.15, -0.1) is 0 Å². The number of morpholine rings is 1. The quantitative estimate of drug-likeness (QED) is 0.207. The molecule has 0 spiro atoms. The summed E-state index contributed by atoms with van der Waals surface area (Å²) in [5.74, 6) is 0.152. The molecule has 7 nitrogen and oxygen atoms in total. The van der Waals surface area contributed by atoms with E-state index >= 15 is 0 Å². The number of nitrogens with zero attached hydrogens (tertiary/aromatic N) is 2. The van der Waals surface area contributed by atoms with E-state index in [0.29, 0.717) is 58.3 Å². The number of hydrogen-bond acceptors (Lipinski definition) is 7. The summed E-state index contributed by atoms with van der Waals surface area (Å²) in [5.41, 5.74) is 3.41. The van der Waals surface area contributed by atoms with E-state index in [1.165, 1.54) is 0 Å². The van der Waals surface area contributed by atoms with Crippen LogP contribution in [0, 0.1) is 0 Å². The molecule has 0 amide bonds. The Morgan fingerprint density at radius 1 is 0.949 bits per heavy atom. The smallest absolute Gasteiger partial charge is 0.378 e. The largest absolute Gasteiger partial charge is 0.501 e. The molecule has 1 heterocycles. The third-order valence-corrected chi connectivity index (χ3v) is 10.8. The van der Waals surface area contributed by atoms with Gasteiger partial charge < -0.3 is 22.9 Å². The summed E-state index contributed by atoms with van der Waals surface area (Å²) in [4.78, 5) is 19.0. The van der Waals surface area contributed by atoms with Gasteiger partial charge in [0.1, 0.15) is 0 Å². The first-order valence-electron chi connectivity index (χ1n) is 14.5. The predicted molar refractivity (Wildman–Crippen MR) is 160 cm³/mol. The molecule has 0 bridgehead atoms. The lowest BCUT2D eigenvalue weighted by Crippen LogP contribution is -2.53. The lowest BCUT2D eigenvalue weighted by molar-refractivity contribution is 0.0660. The highest BCUT2D eigenvalue weighted by atomic mass is 28.4. The zero-order valence-corrected chi connectivity index (χ0v) is 25.8. The minimum absolute atomic E-state index is 0.152. The van der Waals surface area contributed by atoms with Crippen molar-refractivity contribution in [2.45, 2.75) is 58.5 Å². The van der Waals surface area contributed by atoms with Gasteiger partial charge in [0.15, 0.2) is 5.78 Å². The lowest BCUT2D eigenvalue weighted by atomic mass is 9.79. The van der Waals surface area contributed by atoms with Gasteiger partial charge in [0.2, 0.25) is 0 Å². The molecule has 8 heteroatoms. The van der Waals surface area contributed by atoms with Crippen LogP contribution in [0.25, 0.3) is 0 Å². The number of ether oxygens (including phenoxy) is 1. The first-order chi connectivity index (χ1) is 18.8. The molecule has 1 unspecified atom stereocenters. The van der Waals surface area contributed by atoms with Crippen LogP contribution in [-0.4, -0.2) is 85.2 Å². The summed E-state index contributed by atoms with van der Waals surface area (Å²) in [6.07, 6.45) is 1.99. The number of aryl methyl sites for hydroxylation is 1. The minimum atomic E-state index is -2.89. The molecular formula is C31H48N2O5Si. The molecule has 0 aromatic heterocycles. The fourth-order valence-corrected chi connectivity index (χ4v) is 8.12. The number of Topliss-reactive ketones (excluding diaryl/α,β-unsaturated/α-hetero) is 1. The second kappa shape index (κ2) is 15.1. The Bertz CT molecular complexity index is 1010. The summed E-state index contributed by atoms with van der Waals surface area (Å²) in [7, 11) is 1.15. The van der Waals surface area contributed by atoms with Crippen LogP contribution in [0.15, 0.2) is 48.5 Å². The Labute approximate surface area is 236 Å². The van der Waals surface area contributed by atoms with Gasteiger partial charge in [-0.05, 0) is 83.5 Å². The van der Waals surface area contributed by atoms with Crippen molar-refractivity contribution in [1.29, 1.82) is 0 Å². The summed E-state index contributed by atoms with van der Waals surface area (Å²) in [6, 6.07) is 17.3. The minimum Gasteiger partial charge on any atom is -0.378 e. The zero-order valence-electron chi connectivity index (χ0n) is 24.8. The van der Waals surface area contributed by atoms with Crippen molar-refractivity contribution in [3.8, 4) is 0 Å². The van der Waals surface area contributed by atoms with E-state index in [1.807, 2.05) is 59.1 Å². The molecule has 1 aliphatic heterocycles. The number of carbonyl (C=O) groups is 1. The van der Waals surface area contributed by atoms with Crippen LogP contribution in [0.5, 0.6) is 0 Å². The predicted octanol–water partition coefficient (Wildman–Crippen LogP) is 5.25. The van der Waals surface area contributed by atoms with Crippen molar-refractivity contribution in [2.75, 3.05) is 65.1 Å². The van der Waals surface area contributed by atoms with Crippen molar-refractivity contribution in [3.63, 3.8) is 0 Å². The van der Waals surface area contributed by atoms with Crippen LogP contribution in [0.3, 0.4) is 0 Å². The van der Waals surface area contributed by atoms with Crippen molar-refractivity contribution in [1.82, 2.24) is 4.90 Å². The summed E-state index contributed by atoms with van der Waals surface area (Å²) in [6.45, 7) is 12.7. The Morgan fingerprint density at radius 2 is 1.56 bits per heavy atom. The van der Waals surface area contributed by atoms with Gasteiger partial charge in [0.05, 0.1) is 18.8 Å². The Hall–Kier alpha value is -2.07. The van der Waals surface area contributed by atoms with E-state index in [9.17, 15) is 4.79 Å². The molecule has 0 aliphatic carbocycles. The van der Waals surface area contributed by atoms with Crippen molar-refractivity contribution in [3.05, 3.63) is 65.2 Å². The second-order valence-corrected chi connectivity index (χ2v) is 12.9. The number of anilines is 1. The molecule has 1 aliphatic rings. The number of carbonyl (C=O) groups excluding carboxylic acids is 1. The van der Waals surface area contributed by atoms with Gasteiger partial charge in [0.25, 0.3) is 0 Å². The fraction of sp³-hybridized carbons (Fsp3) is 0.581. The van der Waals surface area contributed by atoms with E-state index in [4.69, 9.17) is 18.0 Å². The van der Waals surface area contributed by atoms with Gasteiger partial charge in [0, 0.05) is 50.2 Å².